The molecule has 0 spiro atoms. The number of anilines is 6. The van der Waals surface area contributed by atoms with Crippen LogP contribution >= 0.6 is 11.6 Å². The molecule has 1 amide bonds. The van der Waals surface area contributed by atoms with Crippen LogP contribution < -0.4 is 30.3 Å². The first-order valence-corrected chi connectivity index (χ1v) is 12.3. The molecule has 0 bridgehead atoms. The molecule has 200 valence electrons. The molecule has 2 aromatic heterocycles. The molecule has 4 rings (SSSR count). The SMILES string of the molecule is C=CC(=O)Nc1cc(Nc2nccc(Nc3ccc(OCc4ccccn4)c(Cl)c3)n2)c(OC)cc1N(C)C. The van der Waals surface area contributed by atoms with Gasteiger partial charge in [0.25, 0.3) is 0 Å². The summed E-state index contributed by atoms with van der Waals surface area (Å²) in [6, 6.07) is 16.3. The maximum absolute atomic E-state index is 12.0. The van der Waals surface area contributed by atoms with Crippen LogP contribution in [0.15, 0.2) is 79.6 Å². The number of ether oxygens (including phenoxy) is 2. The zero-order valence-corrected chi connectivity index (χ0v) is 22.5. The summed E-state index contributed by atoms with van der Waals surface area (Å²) in [5, 5.41) is 9.65. The van der Waals surface area contributed by atoms with Crippen molar-refractivity contribution in [2.75, 3.05) is 42.1 Å². The van der Waals surface area contributed by atoms with Crippen LogP contribution in [-0.2, 0) is 11.4 Å². The van der Waals surface area contributed by atoms with E-state index >= 15 is 0 Å². The molecular weight excluding hydrogens is 518 g/mol. The summed E-state index contributed by atoms with van der Waals surface area (Å²) >= 11 is 6.45. The van der Waals surface area contributed by atoms with E-state index in [2.05, 4.69) is 37.5 Å². The van der Waals surface area contributed by atoms with Gasteiger partial charge in [-0.25, -0.2) is 4.98 Å². The van der Waals surface area contributed by atoms with E-state index in [1.807, 2.05) is 49.3 Å². The molecule has 0 aliphatic heterocycles. The lowest BCUT2D eigenvalue weighted by Gasteiger charge is -2.21. The zero-order chi connectivity index (χ0) is 27.8. The minimum absolute atomic E-state index is 0.312. The van der Waals surface area contributed by atoms with Crippen LogP contribution in [0.25, 0.3) is 0 Å². The monoisotopic (exact) mass is 545 g/mol. The van der Waals surface area contributed by atoms with Gasteiger partial charge in [-0.05, 0) is 48.5 Å². The van der Waals surface area contributed by atoms with Gasteiger partial charge in [-0.1, -0.05) is 24.2 Å². The normalized spacial score (nSPS) is 10.4. The van der Waals surface area contributed by atoms with E-state index in [1.54, 1.807) is 43.8 Å². The number of pyridine rings is 1. The van der Waals surface area contributed by atoms with Crippen molar-refractivity contribution < 1.29 is 14.3 Å². The minimum atomic E-state index is -0.330. The fraction of sp³-hybridized carbons (Fsp3) is 0.143. The molecule has 0 saturated heterocycles. The number of carbonyl (C=O) groups excluding carboxylic acids is 1. The van der Waals surface area contributed by atoms with E-state index in [0.29, 0.717) is 46.3 Å². The summed E-state index contributed by atoms with van der Waals surface area (Å²) in [7, 11) is 5.30. The van der Waals surface area contributed by atoms with Gasteiger partial charge in [0.1, 0.15) is 23.9 Å². The molecule has 0 aliphatic rings. The van der Waals surface area contributed by atoms with E-state index in [1.165, 1.54) is 6.08 Å². The van der Waals surface area contributed by atoms with E-state index in [4.69, 9.17) is 21.1 Å². The number of rotatable bonds is 11. The standard InChI is InChI=1S/C28H28ClN7O3/c1-5-27(37)33-21-15-22(25(38-4)16-23(21)36(2)3)34-28-31-13-11-26(35-28)32-18-9-10-24(20(29)14-18)39-17-19-8-6-7-12-30-19/h5-16H,1,17H2,2-4H3,(H,33,37)(H2,31,32,34,35). The fourth-order valence-corrected chi connectivity index (χ4v) is 3.81. The zero-order valence-electron chi connectivity index (χ0n) is 21.7. The third-order valence-electron chi connectivity index (χ3n) is 5.45. The Balaban J connectivity index is 1.50. The molecular formula is C28H28ClN7O3. The highest BCUT2D eigenvalue weighted by molar-refractivity contribution is 6.32. The molecule has 0 saturated carbocycles. The second kappa shape index (κ2) is 12.6. The smallest absolute Gasteiger partial charge is 0.247 e. The van der Waals surface area contributed by atoms with Crippen LogP contribution in [-0.4, -0.2) is 42.1 Å². The molecule has 0 radical (unpaired) electrons. The van der Waals surface area contributed by atoms with Crippen molar-refractivity contribution in [1.29, 1.82) is 0 Å². The van der Waals surface area contributed by atoms with Crippen molar-refractivity contribution in [3.8, 4) is 11.5 Å². The molecule has 0 fully saturated rings. The summed E-state index contributed by atoms with van der Waals surface area (Å²) in [4.78, 5) is 27.0. The van der Waals surface area contributed by atoms with E-state index < -0.39 is 0 Å². The van der Waals surface area contributed by atoms with Gasteiger partial charge in [0.2, 0.25) is 11.9 Å². The second-order valence-electron chi connectivity index (χ2n) is 8.43. The number of benzene rings is 2. The summed E-state index contributed by atoms with van der Waals surface area (Å²) in [6.07, 6.45) is 4.54. The third-order valence-corrected chi connectivity index (χ3v) is 5.75. The van der Waals surface area contributed by atoms with Crippen LogP contribution in [0.4, 0.5) is 34.5 Å². The number of hydrogen-bond acceptors (Lipinski definition) is 9. The largest absolute Gasteiger partial charge is 0.494 e. The van der Waals surface area contributed by atoms with E-state index in [9.17, 15) is 4.79 Å². The van der Waals surface area contributed by atoms with Gasteiger partial charge in [-0.15, -0.1) is 0 Å². The predicted molar refractivity (Wildman–Crippen MR) is 155 cm³/mol. The Hall–Kier alpha value is -4.83. The predicted octanol–water partition coefficient (Wildman–Crippen LogP) is 5.79. The number of halogens is 1. The number of methoxy groups -OCH3 is 1. The van der Waals surface area contributed by atoms with Crippen molar-refractivity contribution in [2.45, 2.75) is 6.61 Å². The van der Waals surface area contributed by atoms with Crippen LogP contribution in [0.1, 0.15) is 5.69 Å². The average Bonchev–Trinajstić information content (AvgIpc) is 2.93. The molecule has 39 heavy (non-hydrogen) atoms. The Labute approximate surface area is 231 Å². The average molecular weight is 546 g/mol. The Morgan fingerprint density at radius 1 is 1.03 bits per heavy atom. The van der Waals surface area contributed by atoms with Crippen molar-refractivity contribution in [1.82, 2.24) is 15.0 Å². The van der Waals surface area contributed by atoms with Gasteiger partial charge in [-0.2, -0.15) is 4.98 Å². The Kier molecular flexibility index (Phi) is 8.80. The number of nitrogens with zero attached hydrogens (tertiary/aromatic N) is 4. The first-order chi connectivity index (χ1) is 18.9. The summed E-state index contributed by atoms with van der Waals surface area (Å²) < 4.78 is 11.4. The van der Waals surface area contributed by atoms with Crippen molar-refractivity contribution in [3.63, 3.8) is 0 Å². The number of aromatic nitrogens is 3. The van der Waals surface area contributed by atoms with Crippen LogP contribution in [0.2, 0.25) is 5.02 Å². The van der Waals surface area contributed by atoms with Crippen molar-refractivity contribution in [2.24, 2.45) is 0 Å². The van der Waals surface area contributed by atoms with Gasteiger partial charge < -0.3 is 30.3 Å². The lowest BCUT2D eigenvalue weighted by Crippen LogP contribution is -2.15. The van der Waals surface area contributed by atoms with E-state index in [-0.39, 0.29) is 5.91 Å². The highest BCUT2D eigenvalue weighted by Crippen LogP contribution is 2.37. The quantitative estimate of drug-likeness (QED) is 0.201. The number of hydrogen-bond donors (Lipinski definition) is 3. The molecule has 10 nitrogen and oxygen atoms in total. The van der Waals surface area contributed by atoms with Crippen LogP contribution in [0, 0.1) is 0 Å². The lowest BCUT2D eigenvalue weighted by molar-refractivity contribution is -0.111. The van der Waals surface area contributed by atoms with Crippen LogP contribution in [0.5, 0.6) is 11.5 Å². The van der Waals surface area contributed by atoms with Gasteiger partial charge in [0.05, 0.1) is 34.9 Å². The summed E-state index contributed by atoms with van der Waals surface area (Å²) in [5.74, 6) is 1.62. The molecule has 0 unspecified atom stereocenters. The Morgan fingerprint density at radius 2 is 1.87 bits per heavy atom. The van der Waals surface area contributed by atoms with Gasteiger partial charge in [0.15, 0.2) is 0 Å². The van der Waals surface area contributed by atoms with Crippen LogP contribution in [0.3, 0.4) is 0 Å². The molecule has 11 heteroatoms. The van der Waals surface area contributed by atoms with E-state index in [0.717, 1.165) is 17.1 Å². The first kappa shape index (κ1) is 27.2. The third kappa shape index (κ3) is 7.14. The van der Waals surface area contributed by atoms with Gasteiger partial charge in [0, 0.05) is 38.2 Å². The number of amides is 1. The van der Waals surface area contributed by atoms with Gasteiger partial charge >= 0.3 is 0 Å². The first-order valence-electron chi connectivity index (χ1n) is 11.9. The number of carbonyl (C=O) groups is 1. The molecule has 4 aromatic rings. The molecule has 0 aliphatic carbocycles. The molecule has 0 atom stereocenters. The topological polar surface area (TPSA) is 114 Å². The lowest BCUT2D eigenvalue weighted by atomic mass is 10.2. The Morgan fingerprint density at radius 3 is 2.56 bits per heavy atom. The maximum atomic E-state index is 12.0. The summed E-state index contributed by atoms with van der Waals surface area (Å²) in [6.45, 7) is 3.83. The number of nitrogens with one attached hydrogen (secondary N) is 3. The fourth-order valence-electron chi connectivity index (χ4n) is 3.58. The molecule has 2 heterocycles. The summed E-state index contributed by atoms with van der Waals surface area (Å²) in [5.41, 5.74) is 3.42. The van der Waals surface area contributed by atoms with Gasteiger partial charge in [-0.3, -0.25) is 9.78 Å². The minimum Gasteiger partial charge on any atom is -0.494 e. The Bertz CT molecular complexity index is 1470. The second-order valence-corrected chi connectivity index (χ2v) is 8.84. The van der Waals surface area contributed by atoms with Crippen molar-refractivity contribution >= 4 is 52.0 Å². The molecule has 2 aromatic carbocycles. The highest BCUT2D eigenvalue weighted by Gasteiger charge is 2.15. The molecule has 3 N–H and O–H groups in total. The highest BCUT2D eigenvalue weighted by atomic mass is 35.5. The van der Waals surface area contributed by atoms with Crippen molar-refractivity contribution in [3.05, 3.63) is 90.4 Å². The maximum Gasteiger partial charge on any atom is 0.247 e.